The normalized spacial score (nSPS) is 12.6. The Labute approximate surface area is 123 Å². The Hall–Kier alpha value is -1.69. The van der Waals surface area contributed by atoms with Crippen molar-refractivity contribution in [3.63, 3.8) is 0 Å². The van der Waals surface area contributed by atoms with Gasteiger partial charge in [0, 0.05) is 18.8 Å². The number of nitrogens with zero attached hydrogens (tertiary/aromatic N) is 3. The Morgan fingerprint density at radius 2 is 2.20 bits per heavy atom. The van der Waals surface area contributed by atoms with E-state index in [2.05, 4.69) is 24.0 Å². The van der Waals surface area contributed by atoms with Crippen molar-refractivity contribution in [1.29, 1.82) is 0 Å². The molecule has 6 heteroatoms. The van der Waals surface area contributed by atoms with Gasteiger partial charge in [0.25, 0.3) is 5.56 Å². The molecule has 2 aromatic heterocycles. The van der Waals surface area contributed by atoms with Crippen LogP contribution in [-0.4, -0.2) is 19.3 Å². The zero-order valence-electron chi connectivity index (χ0n) is 12.1. The third-order valence-electron chi connectivity index (χ3n) is 3.49. The van der Waals surface area contributed by atoms with Gasteiger partial charge in [-0.2, -0.15) is 5.10 Å². The predicted octanol–water partition coefficient (Wildman–Crippen LogP) is 3.15. The SMILES string of the molecule is CCCn1c(-c2cccn(C(C)CC)c2=O)n[nH]c1=S. The molecule has 1 atom stereocenters. The molecule has 0 amide bonds. The van der Waals surface area contributed by atoms with Crippen LogP contribution in [0.2, 0.25) is 0 Å². The van der Waals surface area contributed by atoms with Crippen LogP contribution < -0.4 is 5.56 Å². The Kier molecular flexibility index (Phi) is 4.54. The molecule has 1 unspecified atom stereocenters. The summed E-state index contributed by atoms with van der Waals surface area (Å²) in [6.45, 7) is 6.93. The summed E-state index contributed by atoms with van der Waals surface area (Å²) in [4.78, 5) is 12.6. The van der Waals surface area contributed by atoms with Crippen molar-refractivity contribution in [2.45, 2.75) is 46.2 Å². The van der Waals surface area contributed by atoms with Crippen molar-refractivity contribution in [3.8, 4) is 11.4 Å². The second-order valence-electron chi connectivity index (χ2n) is 4.90. The topological polar surface area (TPSA) is 55.6 Å². The highest BCUT2D eigenvalue weighted by Crippen LogP contribution is 2.15. The monoisotopic (exact) mass is 292 g/mol. The fourth-order valence-corrected chi connectivity index (χ4v) is 2.40. The Morgan fingerprint density at radius 3 is 2.85 bits per heavy atom. The largest absolute Gasteiger partial charge is 0.312 e. The van der Waals surface area contributed by atoms with Gasteiger partial charge in [-0.3, -0.25) is 9.89 Å². The fraction of sp³-hybridized carbons (Fsp3) is 0.500. The molecule has 0 aliphatic rings. The van der Waals surface area contributed by atoms with Crippen LogP contribution in [0.25, 0.3) is 11.4 Å². The lowest BCUT2D eigenvalue weighted by Gasteiger charge is -2.14. The molecule has 0 aliphatic heterocycles. The summed E-state index contributed by atoms with van der Waals surface area (Å²) in [6.07, 6.45) is 3.67. The fourth-order valence-electron chi connectivity index (χ4n) is 2.18. The smallest absolute Gasteiger partial charge is 0.261 e. The number of hydrogen-bond acceptors (Lipinski definition) is 3. The summed E-state index contributed by atoms with van der Waals surface area (Å²) in [5, 5.41) is 7.00. The molecule has 0 saturated carbocycles. The molecule has 1 N–H and O–H groups in total. The van der Waals surface area contributed by atoms with E-state index in [4.69, 9.17) is 12.2 Å². The van der Waals surface area contributed by atoms with E-state index in [1.54, 1.807) is 10.6 Å². The second kappa shape index (κ2) is 6.17. The standard InChI is InChI=1S/C14H20N4OS/c1-4-8-18-12(15-16-14(18)20)11-7-6-9-17(13(11)19)10(3)5-2/h6-7,9-10H,4-5,8H2,1-3H3,(H,16,20). The van der Waals surface area contributed by atoms with Crippen molar-refractivity contribution >= 4 is 12.2 Å². The zero-order valence-corrected chi connectivity index (χ0v) is 12.9. The van der Waals surface area contributed by atoms with E-state index in [-0.39, 0.29) is 11.6 Å². The average molecular weight is 292 g/mol. The van der Waals surface area contributed by atoms with Gasteiger partial charge in [-0.05, 0) is 44.1 Å². The molecule has 2 rings (SSSR count). The molecule has 0 aromatic carbocycles. The minimum absolute atomic E-state index is 0.0202. The van der Waals surface area contributed by atoms with Gasteiger partial charge in [0.05, 0.1) is 5.56 Å². The first-order valence-electron chi connectivity index (χ1n) is 6.96. The Bertz CT molecular complexity index is 698. The van der Waals surface area contributed by atoms with Crippen molar-refractivity contribution in [2.75, 3.05) is 0 Å². The van der Waals surface area contributed by atoms with Crippen LogP contribution in [0.1, 0.15) is 39.7 Å². The second-order valence-corrected chi connectivity index (χ2v) is 5.28. The first-order chi connectivity index (χ1) is 9.60. The quantitative estimate of drug-likeness (QED) is 0.861. The molecule has 0 fully saturated rings. The van der Waals surface area contributed by atoms with Crippen molar-refractivity contribution in [1.82, 2.24) is 19.3 Å². The molecular formula is C14H20N4OS. The molecule has 0 radical (unpaired) electrons. The maximum absolute atomic E-state index is 12.6. The number of pyridine rings is 1. The molecule has 0 spiro atoms. The molecule has 0 aliphatic carbocycles. The van der Waals surface area contributed by atoms with Gasteiger partial charge in [-0.1, -0.05) is 13.8 Å². The molecule has 0 bridgehead atoms. The van der Waals surface area contributed by atoms with Crippen molar-refractivity contribution in [2.24, 2.45) is 0 Å². The lowest BCUT2D eigenvalue weighted by molar-refractivity contribution is 0.514. The average Bonchev–Trinajstić information content (AvgIpc) is 2.80. The van der Waals surface area contributed by atoms with Gasteiger partial charge in [-0.25, -0.2) is 0 Å². The maximum Gasteiger partial charge on any atom is 0.261 e. The van der Waals surface area contributed by atoms with E-state index in [1.165, 1.54) is 0 Å². The highest BCUT2D eigenvalue weighted by Gasteiger charge is 2.14. The maximum atomic E-state index is 12.6. The summed E-state index contributed by atoms with van der Waals surface area (Å²) in [5.74, 6) is 0.625. The van der Waals surface area contributed by atoms with Crippen LogP contribution in [0.3, 0.4) is 0 Å². The van der Waals surface area contributed by atoms with E-state index in [0.29, 0.717) is 16.2 Å². The van der Waals surface area contributed by atoms with Crippen molar-refractivity contribution in [3.05, 3.63) is 33.5 Å². The number of hydrogen-bond donors (Lipinski definition) is 1. The van der Waals surface area contributed by atoms with Crippen LogP contribution in [0, 0.1) is 4.77 Å². The zero-order chi connectivity index (χ0) is 14.7. The Balaban J connectivity index is 2.60. The third-order valence-corrected chi connectivity index (χ3v) is 3.80. The molecule has 20 heavy (non-hydrogen) atoms. The number of aromatic nitrogens is 4. The molecule has 5 nitrogen and oxygen atoms in total. The van der Waals surface area contributed by atoms with Crippen LogP contribution in [-0.2, 0) is 6.54 Å². The first kappa shape index (κ1) is 14.7. The minimum Gasteiger partial charge on any atom is -0.312 e. The van der Waals surface area contributed by atoms with Crippen LogP contribution in [0.5, 0.6) is 0 Å². The van der Waals surface area contributed by atoms with Crippen molar-refractivity contribution < 1.29 is 0 Å². The minimum atomic E-state index is -0.0202. The van der Waals surface area contributed by atoms with Gasteiger partial charge >= 0.3 is 0 Å². The highest BCUT2D eigenvalue weighted by atomic mass is 32.1. The number of rotatable bonds is 5. The van der Waals surface area contributed by atoms with Crippen LogP contribution in [0.4, 0.5) is 0 Å². The molecule has 2 aromatic rings. The summed E-state index contributed by atoms with van der Waals surface area (Å²) >= 11 is 5.22. The van der Waals surface area contributed by atoms with E-state index in [9.17, 15) is 4.79 Å². The van der Waals surface area contributed by atoms with Gasteiger partial charge in [0.1, 0.15) is 0 Å². The van der Waals surface area contributed by atoms with Gasteiger partial charge in [0.2, 0.25) is 0 Å². The number of nitrogens with one attached hydrogen (secondary N) is 1. The van der Waals surface area contributed by atoms with Gasteiger partial charge in [0.15, 0.2) is 10.6 Å². The highest BCUT2D eigenvalue weighted by molar-refractivity contribution is 7.71. The summed E-state index contributed by atoms with van der Waals surface area (Å²) < 4.78 is 4.19. The first-order valence-corrected chi connectivity index (χ1v) is 7.37. The van der Waals surface area contributed by atoms with E-state index < -0.39 is 0 Å². The van der Waals surface area contributed by atoms with Gasteiger partial charge < -0.3 is 9.13 Å². The molecule has 0 saturated heterocycles. The molecule has 108 valence electrons. The number of H-pyrrole nitrogens is 1. The summed E-state index contributed by atoms with van der Waals surface area (Å²) in [6, 6.07) is 3.86. The van der Waals surface area contributed by atoms with E-state index in [0.717, 1.165) is 19.4 Å². The molecule has 2 heterocycles. The van der Waals surface area contributed by atoms with Crippen LogP contribution in [0.15, 0.2) is 23.1 Å². The predicted molar refractivity (Wildman–Crippen MR) is 82.4 cm³/mol. The Morgan fingerprint density at radius 1 is 1.45 bits per heavy atom. The van der Waals surface area contributed by atoms with E-state index in [1.807, 2.05) is 23.8 Å². The molecular weight excluding hydrogens is 272 g/mol. The summed E-state index contributed by atoms with van der Waals surface area (Å²) in [5.41, 5.74) is 0.571. The number of aromatic amines is 1. The van der Waals surface area contributed by atoms with E-state index >= 15 is 0 Å². The van der Waals surface area contributed by atoms with Crippen LogP contribution >= 0.6 is 12.2 Å². The lowest BCUT2D eigenvalue weighted by Crippen LogP contribution is -2.24. The van der Waals surface area contributed by atoms with Gasteiger partial charge in [-0.15, -0.1) is 0 Å². The lowest BCUT2D eigenvalue weighted by atomic mass is 10.2. The third kappa shape index (κ3) is 2.60. The summed E-state index contributed by atoms with van der Waals surface area (Å²) in [7, 11) is 0.